The average molecular weight is 204 g/mol. The van der Waals surface area contributed by atoms with Gasteiger partial charge < -0.3 is 9.84 Å². The number of ether oxygens (including phenoxy) is 1. The first kappa shape index (κ1) is 11.6. The SMILES string of the molecule is C#CCC(O)c1cccc(OCCC)c1. The summed E-state index contributed by atoms with van der Waals surface area (Å²) in [5.74, 6) is 3.22. The van der Waals surface area contributed by atoms with Crippen LogP contribution >= 0.6 is 0 Å². The predicted molar refractivity (Wildman–Crippen MR) is 60.6 cm³/mol. The molecule has 0 aliphatic rings. The van der Waals surface area contributed by atoms with Crippen LogP contribution in [0.25, 0.3) is 0 Å². The zero-order valence-electron chi connectivity index (χ0n) is 8.94. The van der Waals surface area contributed by atoms with Gasteiger partial charge in [-0.1, -0.05) is 19.1 Å². The van der Waals surface area contributed by atoms with Gasteiger partial charge in [-0.05, 0) is 24.1 Å². The quantitative estimate of drug-likeness (QED) is 0.747. The maximum absolute atomic E-state index is 9.67. The molecule has 1 aromatic rings. The van der Waals surface area contributed by atoms with Crippen molar-refractivity contribution in [3.63, 3.8) is 0 Å². The van der Waals surface area contributed by atoms with Crippen LogP contribution in [-0.2, 0) is 0 Å². The molecule has 1 aromatic carbocycles. The lowest BCUT2D eigenvalue weighted by molar-refractivity contribution is 0.183. The van der Waals surface area contributed by atoms with Crippen molar-refractivity contribution in [3.8, 4) is 18.1 Å². The van der Waals surface area contributed by atoms with Crippen LogP contribution in [0.3, 0.4) is 0 Å². The monoisotopic (exact) mass is 204 g/mol. The van der Waals surface area contributed by atoms with Crippen LogP contribution in [0.1, 0.15) is 31.4 Å². The summed E-state index contributed by atoms with van der Waals surface area (Å²) in [7, 11) is 0. The Bertz CT molecular complexity index is 339. The number of terminal acetylenes is 1. The fraction of sp³-hybridized carbons (Fsp3) is 0.385. The Morgan fingerprint density at radius 3 is 3.00 bits per heavy atom. The van der Waals surface area contributed by atoms with E-state index in [1.54, 1.807) is 0 Å². The molecule has 0 aliphatic carbocycles. The first-order valence-electron chi connectivity index (χ1n) is 5.12. The highest BCUT2D eigenvalue weighted by molar-refractivity contribution is 5.30. The molecule has 0 radical (unpaired) electrons. The number of hydrogen-bond donors (Lipinski definition) is 1. The average Bonchev–Trinajstić information content (AvgIpc) is 2.27. The second kappa shape index (κ2) is 6.10. The molecule has 1 atom stereocenters. The van der Waals surface area contributed by atoms with Crippen LogP contribution in [0, 0.1) is 12.3 Å². The number of benzene rings is 1. The van der Waals surface area contributed by atoms with Gasteiger partial charge in [-0.3, -0.25) is 0 Å². The Morgan fingerprint density at radius 2 is 2.33 bits per heavy atom. The summed E-state index contributed by atoms with van der Waals surface area (Å²) in [6, 6.07) is 7.42. The van der Waals surface area contributed by atoms with Crippen molar-refractivity contribution in [2.45, 2.75) is 25.9 Å². The molecule has 2 nitrogen and oxygen atoms in total. The number of hydrogen-bond acceptors (Lipinski definition) is 2. The Kier molecular flexibility index (Phi) is 4.73. The zero-order chi connectivity index (χ0) is 11.1. The summed E-state index contributed by atoms with van der Waals surface area (Å²) in [6.07, 6.45) is 5.85. The van der Waals surface area contributed by atoms with Gasteiger partial charge >= 0.3 is 0 Å². The summed E-state index contributed by atoms with van der Waals surface area (Å²) >= 11 is 0. The van der Waals surface area contributed by atoms with Crippen LogP contribution in [0.5, 0.6) is 5.75 Å². The minimum absolute atomic E-state index is 0.331. The highest BCUT2D eigenvalue weighted by atomic mass is 16.5. The number of aliphatic hydroxyl groups is 1. The van der Waals surface area contributed by atoms with E-state index < -0.39 is 6.10 Å². The molecular weight excluding hydrogens is 188 g/mol. The van der Waals surface area contributed by atoms with E-state index in [4.69, 9.17) is 11.2 Å². The maximum atomic E-state index is 9.67. The molecule has 0 saturated carbocycles. The first-order valence-corrected chi connectivity index (χ1v) is 5.12. The van der Waals surface area contributed by atoms with E-state index in [1.165, 1.54) is 0 Å². The fourth-order valence-corrected chi connectivity index (χ4v) is 1.26. The molecule has 80 valence electrons. The number of aliphatic hydroxyl groups excluding tert-OH is 1. The molecule has 0 bridgehead atoms. The highest BCUT2D eigenvalue weighted by Crippen LogP contribution is 2.21. The topological polar surface area (TPSA) is 29.5 Å². The van der Waals surface area contributed by atoms with E-state index in [1.807, 2.05) is 24.3 Å². The lowest BCUT2D eigenvalue weighted by Crippen LogP contribution is -1.99. The van der Waals surface area contributed by atoms with Crippen molar-refractivity contribution >= 4 is 0 Å². The van der Waals surface area contributed by atoms with E-state index in [2.05, 4.69) is 12.8 Å². The summed E-state index contributed by atoms with van der Waals surface area (Å²) in [5.41, 5.74) is 0.807. The molecule has 0 aromatic heterocycles. The molecule has 1 N–H and O–H groups in total. The predicted octanol–water partition coefficient (Wildman–Crippen LogP) is 2.53. The first-order chi connectivity index (χ1) is 7.27. The molecule has 2 heteroatoms. The Balaban J connectivity index is 2.69. The molecule has 0 heterocycles. The molecular formula is C13H16O2. The molecule has 0 amide bonds. The minimum atomic E-state index is -0.597. The Hall–Kier alpha value is -1.46. The van der Waals surface area contributed by atoms with Gasteiger partial charge in [0.2, 0.25) is 0 Å². The smallest absolute Gasteiger partial charge is 0.119 e. The third kappa shape index (κ3) is 3.65. The minimum Gasteiger partial charge on any atom is -0.494 e. The highest BCUT2D eigenvalue weighted by Gasteiger charge is 2.06. The molecule has 1 rings (SSSR count). The number of rotatable bonds is 5. The van der Waals surface area contributed by atoms with E-state index >= 15 is 0 Å². The summed E-state index contributed by atoms with van der Waals surface area (Å²) in [6.45, 7) is 2.74. The van der Waals surface area contributed by atoms with E-state index in [0.29, 0.717) is 13.0 Å². The summed E-state index contributed by atoms with van der Waals surface area (Å²) in [4.78, 5) is 0. The van der Waals surface area contributed by atoms with Crippen molar-refractivity contribution in [3.05, 3.63) is 29.8 Å². The fourth-order valence-electron chi connectivity index (χ4n) is 1.26. The Morgan fingerprint density at radius 1 is 1.53 bits per heavy atom. The standard InChI is InChI=1S/C13H16O2/c1-3-6-13(14)11-7-5-8-12(10-11)15-9-4-2/h1,5,7-8,10,13-14H,4,6,9H2,2H3. The van der Waals surface area contributed by atoms with Gasteiger partial charge in [0.25, 0.3) is 0 Å². The van der Waals surface area contributed by atoms with Crippen LogP contribution in [0.2, 0.25) is 0 Å². The zero-order valence-corrected chi connectivity index (χ0v) is 8.94. The lowest BCUT2D eigenvalue weighted by atomic mass is 10.1. The molecule has 0 aliphatic heterocycles. The second-order valence-electron chi connectivity index (χ2n) is 3.34. The van der Waals surface area contributed by atoms with Gasteiger partial charge in [-0.2, -0.15) is 0 Å². The third-order valence-electron chi connectivity index (χ3n) is 2.03. The van der Waals surface area contributed by atoms with Crippen molar-refractivity contribution in [1.29, 1.82) is 0 Å². The maximum Gasteiger partial charge on any atom is 0.119 e. The van der Waals surface area contributed by atoms with Gasteiger partial charge in [-0.25, -0.2) is 0 Å². The molecule has 0 spiro atoms. The van der Waals surface area contributed by atoms with Crippen molar-refractivity contribution < 1.29 is 9.84 Å². The molecule has 1 unspecified atom stereocenters. The molecule has 0 fully saturated rings. The van der Waals surface area contributed by atoms with Crippen LogP contribution < -0.4 is 4.74 Å². The van der Waals surface area contributed by atoms with Gasteiger partial charge in [0.05, 0.1) is 12.7 Å². The summed E-state index contributed by atoms with van der Waals surface area (Å²) < 4.78 is 5.46. The molecule has 0 saturated heterocycles. The van der Waals surface area contributed by atoms with Gasteiger partial charge in [0, 0.05) is 6.42 Å². The largest absolute Gasteiger partial charge is 0.494 e. The van der Waals surface area contributed by atoms with E-state index in [9.17, 15) is 5.11 Å². The normalized spacial score (nSPS) is 11.8. The summed E-state index contributed by atoms with van der Waals surface area (Å²) in [5, 5.41) is 9.67. The third-order valence-corrected chi connectivity index (χ3v) is 2.03. The second-order valence-corrected chi connectivity index (χ2v) is 3.34. The van der Waals surface area contributed by atoms with Crippen LogP contribution in [-0.4, -0.2) is 11.7 Å². The van der Waals surface area contributed by atoms with Gasteiger partial charge in [0.15, 0.2) is 0 Å². The van der Waals surface area contributed by atoms with Crippen LogP contribution in [0.15, 0.2) is 24.3 Å². The lowest BCUT2D eigenvalue weighted by Gasteiger charge is -2.10. The van der Waals surface area contributed by atoms with Gasteiger partial charge in [-0.15, -0.1) is 12.3 Å². The Labute approximate surface area is 90.9 Å². The van der Waals surface area contributed by atoms with Crippen molar-refractivity contribution in [2.75, 3.05) is 6.61 Å². The van der Waals surface area contributed by atoms with Gasteiger partial charge in [0.1, 0.15) is 5.75 Å². The molecule has 15 heavy (non-hydrogen) atoms. The van der Waals surface area contributed by atoms with E-state index in [0.717, 1.165) is 17.7 Å². The van der Waals surface area contributed by atoms with Crippen molar-refractivity contribution in [1.82, 2.24) is 0 Å². The van der Waals surface area contributed by atoms with Crippen molar-refractivity contribution in [2.24, 2.45) is 0 Å². The van der Waals surface area contributed by atoms with Crippen LogP contribution in [0.4, 0.5) is 0 Å². The van der Waals surface area contributed by atoms with E-state index in [-0.39, 0.29) is 0 Å².